The van der Waals surface area contributed by atoms with E-state index in [-0.39, 0.29) is 0 Å². The van der Waals surface area contributed by atoms with E-state index in [9.17, 15) is 4.79 Å². The molecule has 13 heavy (non-hydrogen) atoms. The van der Waals surface area contributed by atoms with Crippen LogP contribution in [-0.4, -0.2) is 20.9 Å². The molecule has 1 N–H and O–H groups in total. The molecule has 0 saturated carbocycles. The van der Waals surface area contributed by atoms with Crippen LogP contribution < -0.4 is 0 Å². The van der Waals surface area contributed by atoms with Gasteiger partial charge in [0.1, 0.15) is 6.04 Å². The Morgan fingerprint density at radius 1 is 1.62 bits per heavy atom. The molecule has 0 aromatic carbocycles. The SMILES string of the molecule is Cc1nn([C@H](C)C(=O)O)c(C)c1I. The van der Waals surface area contributed by atoms with Gasteiger partial charge in [0.2, 0.25) is 0 Å². The molecule has 1 heterocycles. The average molecular weight is 294 g/mol. The minimum absolute atomic E-state index is 0.595. The number of carboxylic acid groups (broad SMARTS) is 1. The maximum atomic E-state index is 10.7. The average Bonchev–Trinajstić information content (AvgIpc) is 2.31. The second-order valence-corrected chi connectivity index (χ2v) is 4.02. The summed E-state index contributed by atoms with van der Waals surface area (Å²) >= 11 is 2.17. The van der Waals surface area contributed by atoms with Crippen LogP contribution in [0.25, 0.3) is 0 Å². The van der Waals surface area contributed by atoms with Crippen molar-refractivity contribution in [2.75, 3.05) is 0 Å². The Morgan fingerprint density at radius 3 is 2.46 bits per heavy atom. The van der Waals surface area contributed by atoms with Gasteiger partial charge in [0.05, 0.1) is 9.26 Å². The van der Waals surface area contributed by atoms with Gasteiger partial charge in [-0.3, -0.25) is 4.68 Å². The number of hydrogen-bond acceptors (Lipinski definition) is 2. The molecule has 72 valence electrons. The van der Waals surface area contributed by atoms with E-state index in [4.69, 9.17) is 5.11 Å². The van der Waals surface area contributed by atoms with Crippen molar-refractivity contribution in [3.8, 4) is 0 Å². The molecule has 1 aromatic heterocycles. The Balaban J connectivity index is 3.15. The van der Waals surface area contributed by atoms with Crippen molar-refractivity contribution in [1.82, 2.24) is 9.78 Å². The summed E-state index contributed by atoms with van der Waals surface area (Å²) < 4.78 is 2.57. The van der Waals surface area contributed by atoms with Crippen molar-refractivity contribution in [3.05, 3.63) is 15.0 Å². The predicted molar refractivity (Wildman–Crippen MR) is 56.8 cm³/mol. The zero-order chi connectivity index (χ0) is 10.2. The van der Waals surface area contributed by atoms with E-state index >= 15 is 0 Å². The third-order valence-corrected chi connectivity index (χ3v) is 3.52. The lowest BCUT2D eigenvalue weighted by Crippen LogP contribution is -2.18. The minimum atomic E-state index is -0.859. The predicted octanol–water partition coefficient (Wildman–Crippen LogP) is 1.75. The van der Waals surface area contributed by atoms with E-state index in [0.717, 1.165) is 15.0 Å². The van der Waals surface area contributed by atoms with Crippen LogP contribution in [0.1, 0.15) is 24.4 Å². The quantitative estimate of drug-likeness (QED) is 0.845. The van der Waals surface area contributed by atoms with Crippen molar-refractivity contribution in [2.24, 2.45) is 0 Å². The smallest absolute Gasteiger partial charge is 0.328 e. The molecule has 0 saturated heterocycles. The van der Waals surface area contributed by atoms with E-state index in [0.29, 0.717) is 0 Å². The Kier molecular flexibility index (Phi) is 2.94. The van der Waals surface area contributed by atoms with Gasteiger partial charge in [-0.15, -0.1) is 0 Å². The number of aryl methyl sites for hydroxylation is 1. The maximum absolute atomic E-state index is 10.7. The standard InChI is InChI=1S/C8H11IN2O2/c1-4-7(9)5(2)11(10-4)6(3)8(12)13/h6H,1-3H3,(H,12,13)/t6-/m1/s1. The number of hydrogen-bond donors (Lipinski definition) is 1. The molecular formula is C8H11IN2O2. The summed E-state index contributed by atoms with van der Waals surface area (Å²) in [7, 11) is 0. The van der Waals surface area contributed by atoms with E-state index in [1.54, 1.807) is 11.6 Å². The Labute approximate surface area is 90.1 Å². The molecule has 0 fully saturated rings. The molecule has 4 nitrogen and oxygen atoms in total. The lowest BCUT2D eigenvalue weighted by atomic mass is 10.3. The molecule has 0 amide bonds. The molecule has 0 aliphatic rings. The molecule has 5 heteroatoms. The number of nitrogens with zero attached hydrogens (tertiary/aromatic N) is 2. The first-order valence-electron chi connectivity index (χ1n) is 3.89. The minimum Gasteiger partial charge on any atom is -0.480 e. The van der Waals surface area contributed by atoms with Crippen molar-refractivity contribution >= 4 is 28.6 Å². The zero-order valence-corrected chi connectivity index (χ0v) is 9.86. The number of aliphatic carboxylic acids is 1. The molecule has 1 rings (SSSR count). The van der Waals surface area contributed by atoms with Crippen LogP contribution in [0.5, 0.6) is 0 Å². The first kappa shape index (κ1) is 10.5. The van der Waals surface area contributed by atoms with Gasteiger partial charge in [-0.25, -0.2) is 4.79 Å². The van der Waals surface area contributed by atoms with E-state index < -0.39 is 12.0 Å². The summed E-state index contributed by atoms with van der Waals surface area (Å²) in [5.41, 5.74) is 1.79. The molecule has 0 unspecified atom stereocenters. The number of carbonyl (C=O) groups is 1. The van der Waals surface area contributed by atoms with Crippen LogP contribution in [0.2, 0.25) is 0 Å². The van der Waals surface area contributed by atoms with E-state index in [1.165, 1.54) is 0 Å². The summed E-state index contributed by atoms with van der Waals surface area (Å²) in [6, 6.07) is -0.595. The first-order chi connectivity index (χ1) is 5.95. The van der Waals surface area contributed by atoms with E-state index in [1.807, 2.05) is 13.8 Å². The molecule has 0 radical (unpaired) electrons. The molecular weight excluding hydrogens is 283 g/mol. The van der Waals surface area contributed by atoms with Gasteiger partial charge in [-0.2, -0.15) is 5.10 Å². The number of rotatable bonds is 2. The Bertz CT molecular complexity index is 346. The van der Waals surface area contributed by atoms with Gasteiger partial charge in [0.15, 0.2) is 0 Å². The topological polar surface area (TPSA) is 55.1 Å². The largest absolute Gasteiger partial charge is 0.480 e. The van der Waals surface area contributed by atoms with Crippen LogP contribution in [0, 0.1) is 17.4 Å². The van der Waals surface area contributed by atoms with Crippen LogP contribution in [0.3, 0.4) is 0 Å². The van der Waals surface area contributed by atoms with Crippen LogP contribution >= 0.6 is 22.6 Å². The molecule has 0 aliphatic carbocycles. The van der Waals surface area contributed by atoms with Crippen LogP contribution in [0.15, 0.2) is 0 Å². The van der Waals surface area contributed by atoms with Crippen molar-refractivity contribution in [1.29, 1.82) is 0 Å². The summed E-state index contributed by atoms with van der Waals surface area (Å²) in [6.45, 7) is 5.37. The zero-order valence-electron chi connectivity index (χ0n) is 7.71. The second-order valence-electron chi connectivity index (χ2n) is 2.94. The lowest BCUT2D eigenvalue weighted by Gasteiger charge is -2.08. The van der Waals surface area contributed by atoms with Crippen molar-refractivity contribution in [2.45, 2.75) is 26.8 Å². The van der Waals surface area contributed by atoms with Gasteiger partial charge >= 0.3 is 5.97 Å². The Hall–Kier alpha value is -0.590. The summed E-state index contributed by atoms with van der Waals surface area (Å²) in [6.07, 6.45) is 0. The van der Waals surface area contributed by atoms with Crippen molar-refractivity contribution < 1.29 is 9.90 Å². The lowest BCUT2D eigenvalue weighted by molar-refractivity contribution is -0.140. The fraction of sp³-hybridized carbons (Fsp3) is 0.500. The summed E-state index contributed by atoms with van der Waals surface area (Å²) in [5, 5.41) is 13.0. The van der Waals surface area contributed by atoms with Gasteiger partial charge in [-0.05, 0) is 43.4 Å². The highest BCUT2D eigenvalue weighted by molar-refractivity contribution is 14.1. The molecule has 1 atom stereocenters. The van der Waals surface area contributed by atoms with Gasteiger partial charge in [0.25, 0.3) is 0 Å². The normalized spacial score (nSPS) is 12.9. The molecule has 0 aliphatic heterocycles. The first-order valence-corrected chi connectivity index (χ1v) is 4.97. The van der Waals surface area contributed by atoms with Crippen molar-refractivity contribution in [3.63, 3.8) is 0 Å². The highest BCUT2D eigenvalue weighted by atomic mass is 127. The molecule has 0 spiro atoms. The van der Waals surface area contributed by atoms with E-state index in [2.05, 4.69) is 27.7 Å². The van der Waals surface area contributed by atoms with Crippen LogP contribution in [-0.2, 0) is 4.79 Å². The third-order valence-electron chi connectivity index (χ3n) is 1.96. The summed E-state index contributed by atoms with van der Waals surface area (Å²) in [5.74, 6) is -0.859. The van der Waals surface area contributed by atoms with Gasteiger partial charge in [0, 0.05) is 5.69 Å². The monoisotopic (exact) mass is 294 g/mol. The van der Waals surface area contributed by atoms with Gasteiger partial charge < -0.3 is 5.11 Å². The fourth-order valence-corrected chi connectivity index (χ4v) is 1.48. The Morgan fingerprint density at radius 2 is 2.15 bits per heavy atom. The maximum Gasteiger partial charge on any atom is 0.328 e. The summed E-state index contributed by atoms with van der Waals surface area (Å²) in [4.78, 5) is 10.7. The third kappa shape index (κ3) is 1.84. The molecule has 1 aromatic rings. The number of carboxylic acids is 1. The highest BCUT2D eigenvalue weighted by Crippen LogP contribution is 2.18. The fourth-order valence-electron chi connectivity index (χ4n) is 1.12. The van der Waals surface area contributed by atoms with Crippen LogP contribution in [0.4, 0.5) is 0 Å². The van der Waals surface area contributed by atoms with Gasteiger partial charge in [-0.1, -0.05) is 0 Å². The highest BCUT2D eigenvalue weighted by Gasteiger charge is 2.18. The molecule has 0 bridgehead atoms. The number of halogens is 1. The number of aromatic nitrogens is 2. The second kappa shape index (κ2) is 3.65.